The molecule has 1 aliphatic carbocycles. The highest BCUT2D eigenvalue weighted by atomic mass is 16.5. The summed E-state index contributed by atoms with van der Waals surface area (Å²) in [6.45, 7) is 6.55. The molecular weight excluding hydrogens is 340 g/mol. The zero-order valence-corrected chi connectivity index (χ0v) is 16.0. The van der Waals surface area contributed by atoms with Gasteiger partial charge in [0.05, 0.1) is 12.3 Å². The predicted octanol–water partition coefficient (Wildman–Crippen LogP) is 4.57. The molecule has 5 heteroatoms. The maximum atomic E-state index is 12.9. The van der Waals surface area contributed by atoms with Crippen molar-refractivity contribution in [2.24, 2.45) is 5.41 Å². The molecule has 3 rings (SSSR count). The summed E-state index contributed by atoms with van der Waals surface area (Å²) in [5, 5.41) is 5.85. The van der Waals surface area contributed by atoms with Gasteiger partial charge in [0.25, 0.3) is 0 Å². The van der Waals surface area contributed by atoms with Gasteiger partial charge in [-0.25, -0.2) is 0 Å². The Balaban J connectivity index is 1.75. The van der Waals surface area contributed by atoms with Crippen LogP contribution in [-0.2, 0) is 9.59 Å². The van der Waals surface area contributed by atoms with Crippen LogP contribution in [0.25, 0.3) is 0 Å². The SMILES string of the molecule is CCOc1ccccc1NC(=O)C1(C(=O)Nc2ccccc2C(C)C)CC1. The first-order valence-corrected chi connectivity index (χ1v) is 9.41. The van der Waals surface area contributed by atoms with Gasteiger partial charge in [-0.1, -0.05) is 44.2 Å². The van der Waals surface area contributed by atoms with Crippen LogP contribution in [0.15, 0.2) is 48.5 Å². The maximum absolute atomic E-state index is 12.9. The minimum atomic E-state index is -1.01. The Morgan fingerprint density at radius 3 is 2.11 bits per heavy atom. The molecule has 27 heavy (non-hydrogen) atoms. The molecule has 1 fully saturated rings. The fraction of sp³-hybridized carbons (Fsp3) is 0.364. The van der Waals surface area contributed by atoms with Gasteiger partial charge in [0.1, 0.15) is 11.2 Å². The van der Waals surface area contributed by atoms with E-state index in [4.69, 9.17) is 4.74 Å². The highest BCUT2D eigenvalue weighted by molar-refractivity contribution is 6.17. The van der Waals surface area contributed by atoms with Gasteiger partial charge in [0, 0.05) is 5.69 Å². The largest absolute Gasteiger partial charge is 0.492 e. The number of benzene rings is 2. The van der Waals surface area contributed by atoms with Crippen molar-refractivity contribution in [3.63, 3.8) is 0 Å². The summed E-state index contributed by atoms with van der Waals surface area (Å²) in [6, 6.07) is 15.0. The van der Waals surface area contributed by atoms with E-state index in [0.29, 0.717) is 30.9 Å². The number of rotatable bonds is 7. The Labute approximate surface area is 160 Å². The van der Waals surface area contributed by atoms with Crippen molar-refractivity contribution in [3.8, 4) is 5.75 Å². The number of ether oxygens (including phenoxy) is 1. The molecule has 2 aromatic rings. The minimum absolute atomic E-state index is 0.248. The molecule has 0 aliphatic heterocycles. The molecule has 0 saturated heterocycles. The van der Waals surface area contributed by atoms with Gasteiger partial charge in [0.2, 0.25) is 11.8 Å². The smallest absolute Gasteiger partial charge is 0.240 e. The molecule has 1 aliphatic rings. The highest BCUT2D eigenvalue weighted by Crippen LogP contribution is 2.48. The highest BCUT2D eigenvalue weighted by Gasteiger charge is 2.56. The topological polar surface area (TPSA) is 67.4 Å². The van der Waals surface area contributed by atoms with Crippen LogP contribution < -0.4 is 15.4 Å². The van der Waals surface area contributed by atoms with E-state index < -0.39 is 5.41 Å². The number of anilines is 2. The van der Waals surface area contributed by atoms with Crippen LogP contribution in [0.5, 0.6) is 5.75 Å². The summed E-state index contributed by atoms with van der Waals surface area (Å²) in [5.74, 6) is 0.356. The van der Waals surface area contributed by atoms with E-state index in [2.05, 4.69) is 24.5 Å². The summed E-state index contributed by atoms with van der Waals surface area (Å²) in [4.78, 5) is 25.8. The number of amides is 2. The van der Waals surface area contributed by atoms with Crippen LogP contribution in [0.4, 0.5) is 11.4 Å². The first-order chi connectivity index (χ1) is 13.0. The molecule has 0 atom stereocenters. The van der Waals surface area contributed by atoms with Crippen molar-refractivity contribution in [1.82, 2.24) is 0 Å². The lowest BCUT2D eigenvalue weighted by Crippen LogP contribution is -2.36. The molecule has 2 aromatic carbocycles. The van der Waals surface area contributed by atoms with E-state index >= 15 is 0 Å². The molecule has 0 aromatic heterocycles. The molecule has 0 bridgehead atoms. The number of carbonyl (C=O) groups is 2. The lowest BCUT2D eigenvalue weighted by Gasteiger charge is -2.19. The molecule has 2 amide bonds. The van der Waals surface area contributed by atoms with Crippen LogP contribution >= 0.6 is 0 Å². The summed E-state index contributed by atoms with van der Waals surface area (Å²) in [5.41, 5.74) is 1.41. The molecule has 0 heterocycles. The number of hydrogen-bond donors (Lipinski definition) is 2. The van der Waals surface area contributed by atoms with Crippen LogP contribution in [-0.4, -0.2) is 18.4 Å². The third-order valence-corrected chi connectivity index (χ3v) is 4.89. The van der Waals surface area contributed by atoms with Crippen molar-refractivity contribution >= 4 is 23.2 Å². The molecule has 142 valence electrons. The second-order valence-corrected chi connectivity index (χ2v) is 7.16. The van der Waals surface area contributed by atoms with Gasteiger partial charge in [0.15, 0.2) is 0 Å². The van der Waals surface area contributed by atoms with E-state index in [1.165, 1.54) is 0 Å². The van der Waals surface area contributed by atoms with Crippen molar-refractivity contribution < 1.29 is 14.3 Å². The Hall–Kier alpha value is -2.82. The Morgan fingerprint density at radius 1 is 0.963 bits per heavy atom. The Kier molecular flexibility index (Phi) is 5.49. The lowest BCUT2D eigenvalue weighted by atomic mass is 9.99. The quantitative estimate of drug-likeness (QED) is 0.706. The Bertz CT molecular complexity index is 841. The number of hydrogen-bond acceptors (Lipinski definition) is 3. The second-order valence-electron chi connectivity index (χ2n) is 7.16. The summed E-state index contributed by atoms with van der Waals surface area (Å²) >= 11 is 0. The molecular formula is C22H26N2O3. The number of nitrogens with one attached hydrogen (secondary N) is 2. The summed E-state index contributed by atoms with van der Waals surface area (Å²) < 4.78 is 5.55. The molecule has 0 radical (unpaired) electrons. The van der Waals surface area contributed by atoms with Crippen molar-refractivity contribution in [2.45, 2.75) is 39.5 Å². The number of carbonyl (C=O) groups excluding carboxylic acids is 2. The Morgan fingerprint density at radius 2 is 1.52 bits per heavy atom. The average molecular weight is 366 g/mol. The number of para-hydroxylation sites is 3. The fourth-order valence-corrected chi connectivity index (χ4v) is 3.13. The van der Waals surface area contributed by atoms with Crippen LogP contribution in [0.3, 0.4) is 0 Å². The van der Waals surface area contributed by atoms with Gasteiger partial charge in [-0.05, 0) is 49.4 Å². The molecule has 1 saturated carbocycles. The maximum Gasteiger partial charge on any atom is 0.240 e. The summed E-state index contributed by atoms with van der Waals surface area (Å²) in [7, 11) is 0. The molecule has 0 unspecified atom stereocenters. The van der Waals surface area contributed by atoms with E-state index in [-0.39, 0.29) is 17.7 Å². The normalized spacial score (nSPS) is 14.5. The van der Waals surface area contributed by atoms with Gasteiger partial charge >= 0.3 is 0 Å². The van der Waals surface area contributed by atoms with E-state index in [1.807, 2.05) is 43.3 Å². The molecule has 0 spiro atoms. The lowest BCUT2D eigenvalue weighted by molar-refractivity contribution is -0.131. The zero-order chi connectivity index (χ0) is 19.4. The van der Waals surface area contributed by atoms with E-state index in [1.54, 1.807) is 12.1 Å². The van der Waals surface area contributed by atoms with Gasteiger partial charge < -0.3 is 15.4 Å². The van der Waals surface area contributed by atoms with Gasteiger partial charge in [-0.15, -0.1) is 0 Å². The van der Waals surface area contributed by atoms with E-state index in [0.717, 1.165) is 11.3 Å². The molecule has 5 nitrogen and oxygen atoms in total. The minimum Gasteiger partial charge on any atom is -0.492 e. The molecule has 2 N–H and O–H groups in total. The van der Waals surface area contributed by atoms with Gasteiger partial charge in [-0.3, -0.25) is 9.59 Å². The third kappa shape index (κ3) is 3.97. The third-order valence-electron chi connectivity index (χ3n) is 4.89. The first-order valence-electron chi connectivity index (χ1n) is 9.41. The van der Waals surface area contributed by atoms with Crippen LogP contribution in [0, 0.1) is 5.41 Å². The first kappa shape index (κ1) is 19.0. The predicted molar refractivity (Wildman–Crippen MR) is 107 cm³/mol. The fourth-order valence-electron chi connectivity index (χ4n) is 3.13. The van der Waals surface area contributed by atoms with Crippen LogP contribution in [0.2, 0.25) is 0 Å². The van der Waals surface area contributed by atoms with Crippen molar-refractivity contribution in [2.75, 3.05) is 17.2 Å². The van der Waals surface area contributed by atoms with Crippen LogP contribution in [0.1, 0.15) is 45.1 Å². The zero-order valence-electron chi connectivity index (χ0n) is 16.0. The summed E-state index contributed by atoms with van der Waals surface area (Å²) in [6.07, 6.45) is 1.09. The van der Waals surface area contributed by atoms with Crippen molar-refractivity contribution in [3.05, 3.63) is 54.1 Å². The monoisotopic (exact) mass is 366 g/mol. The van der Waals surface area contributed by atoms with E-state index in [9.17, 15) is 9.59 Å². The standard InChI is InChI=1S/C22H26N2O3/c1-4-27-19-12-8-7-11-18(19)24-21(26)22(13-14-22)20(25)23-17-10-6-5-9-16(17)15(2)3/h5-12,15H,4,13-14H2,1-3H3,(H,23,25)(H,24,26). The second kappa shape index (κ2) is 7.82. The van der Waals surface area contributed by atoms with Gasteiger partial charge in [-0.2, -0.15) is 0 Å². The van der Waals surface area contributed by atoms with Crippen molar-refractivity contribution in [1.29, 1.82) is 0 Å². The average Bonchev–Trinajstić information content (AvgIpc) is 3.46.